The summed E-state index contributed by atoms with van der Waals surface area (Å²) in [5, 5.41) is 5.90. The summed E-state index contributed by atoms with van der Waals surface area (Å²) in [5.74, 6) is 0. The van der Waals surface area contributed by atoms with Crippen molar-refractivity contribution in [3.63, 3.8) is 0 Å². The maximum atomic E-state index is 3.65. The molecule has 1 heterocycles. The van der Waals surface area contributed by atoms with Crippen LogP contribution in [0.3, 0.4) is 0 Å². The summed E-state index contributed by atoms with van der Waals surface area (Å²) in [6, 6.07) is 11.4. The van der Waals surface area contributed by atoms with E-state index >= 15 is 0 Å². The average molecular weight is 338 g/mol. The lowest BCUT2D eigenvalue weighted by molar-refractivity contribution is 0.530. The molecular formula is C16H20BrNS. The van der Waals surface area contributed by atoms with Gasteiger partial charge in [-0.1, -0.05) is 36.8 Å². The number of thiophene rings is 1. The van der Waals surface area contributed by atoms with Crippen LogP contribution in [-0.2, 0) is 6.42 Å². The lowest BCUT2D eigenvalue weighted by atomic mass is 10.00. The molecule has 0 bridgehead atoms. The predicted octanol–water partition coefficient (Wildman–Crippen LogP) is 5.10. The predicted molar refractivity (Wildman–Crippen MR) is 87.9 cm³/mol. The standard InChI is InChI=1S/C16H20BrNS/c1-3-7-18-15(14-10-16(17)19-11-14)9-13-6-4-5-12(2)8-13/h4-6,8,10-11,15,18H,3,7,9H2,1-2H3. The van der Waals surface area contributed by atoms with Gasteiger partial charge in [0, 0.05) is 6.04 Å². The highest BCUT2D eigenvalue weighted by Gasteiger charge is 2.13. The summed E-state index contributed by atoms with van der Waals surface area (Å²) < 4.78 is 1.20. The highest BCUT2D eigenvalue weighted by molar-refractivity contribution is 9.11. The van der Waals surface area contributed by atoms with Crippen molar-refractivity contribution >= 4 is 27.3 Å². The first kappa shape index (κ1) is 14.8. The van der Waals surface area contributed by atoms with Crippen molar-refractivity contribution in [3.05, 3.63) is 56.2 Å². The number of hydrogen-bond donors (Lipinski definition) is 1. The van der Waals surface area contributed by atoms with Gasteiger partial charge in [0.1, 0.15) is 0 Å². The highest BCUT2D eigenvalue weighted by Crippen LogP contribution is 2.27. The zero-order valence-corrected chi connectivity index (χ0v) is 13.9. The SMILES string of the molecule is CCCNC(Cc1cccc(C)c1)c1csc(Br)c1. The van der Waals surface area contributed by atoms with Gasteiger partial charge in [-0.15, -0.1) is 11.3 Å². The monoisotopic (exact) mass is 337 g/mol. The second-order valence-electron chi connectivity index (χ2n) is 4.88. The molecule has 0 spiro atoms. The molecule has 2 rings (SSSR count). The van der Waals surface area contributed by atoms with E-state index in [1.54, 1.807) is 11.3 Å². The van der Waals surface area contributed by atoms with Crippen LogP contribution in [0.5, 0.6) is 0 Å². The van der Waals surface area contributed by atoms with Crippen LogP contribution in [0.4, 0.5) is 0 Å². The quantitative estimate of drug-likeness (QED) is 0.772. The average Bonchev–Trinajstić information content (AvgIpc) is 2.81. The summed E-state index contributed by atoms with van der Waals surface area (Å²) in [5.41, 5.74) is 4.11. The van der Waals surface area contributed by atoms with Gasteiger partial charge < -0.3 is 5.32 Å². The smallest absolute Gasteiger partial charge is 0.0701 e. The van der Waals surface area contributed by atoms with Crippen LogP contribution >= 0.6 is 27.3 Å². The summed E-state index contributed by atoms with van der Waals surface area (Å²) in [4.78, 5) is 0. The van der Waals surface area contributed by atoms with Crippen molar-refractivity contribution < 1.29 is 0 Å². The van der Waals surface area contributed by atoms with E-state index in [0.717, 1.165) is 19.4 Å². The van der Waals surface area contributed by atoms with Gasteiger partial charge >= 0.3 is 0 Å². The highest BCUT2D eigenvalue weighted by atomic mass is 79.9. The number of rotatable bonds is 6. The lowest BCUT2D eigenvalue weighted by Crippen LogP contribution is -2.23. The van der Waals surface area contributed by atoms with Gasteiger partial charge in [-0.25, -0.2) is 0 Å². The molecule has 1 nitrogen and oxygen atoms in total. The molecule has 0 fully saturated rings. The van der Waals surface area contributed by atoms with E-state index in [9.17, 15) is 0 Å². The van der Waals surface area contributed by atoms with Gasteiger partial charge in [-0.2, -0.15) is 0 Å². The van der Waals surface area contributed by atoms with Crippen molar-refractivity contribution in [2.24, 2.45) is 0 Å². The first-order chi connectivity index (χ1) is 9.19. The van der Waals surface area contributed by atoms with Crippen molar-refractivity contribution in [1.29, 1.82) is 0 Å². The number of halogens is 1. The Morgan fingerprint density at radius 1 is 1.32 bits per heavy atom. The topological polar surface area (TPSA) is 12.0 Å². The van der Waals surface area contributed by atoms with Gasteiger partial charge in [-0.05, 0) is 64.8 Å². The molecule has 0 aliphatic carbocycles. The van der Waals surface area contributed by atoms with E-state index in [0.29, 0.717) is 6.04 Å². The number of aryl methyl sites for hydroxylation is 1. The van der Waals surface area contributed by atoms with Crippen LogP contribution in [-0.4, -0.2) is 6.54 Å². The molecule has 102 valence electrons. The summed E-state index contributed by atoms with van der Waals surface area (Å²) in [6.45, 7) is 5.42. The largest absolute Gasteiger partial charge is 0.310 e. The third kappa shape index (κ3) is 4.44. The van der Waals surface area contributed by atoms with E-state index in [4.69, 9.17) is 0 Å². The van der Waals surface area contributed by atoms with Gasteiger partial charge in [0.25, 0.3) is 0 Å². The summed E-state index contributed by atoms with van der Waals surface area (Å²) in [6.07, 6.45) is 2.21. The van der Waals surface area contributed by atoms with Crippen LogP contribution < -0.4 is 5.32 Å². The molecule has 0 aliphatic rings. The molecule has 0 saturated carbocycles. The molecule has 0 radical (unpaired) electrons. The summed E-state index contributed by atoms with van der Waals surface area (Å²) >= 11 is 5.31. The van der Waals surface area contributed by atoms with Crippen molar-refractivity contribution in [2.75, 3.05) is 6.54 Å². The number of nitrogens with one attached hydrogen (secondary N) is 1. The third-order valence-electron chi connectivity index (χ3n) is 3.15. The fourth-order valence-electron chi connectivity index (χ4n) is 2.21. The minimum atomic E-state index is 0.407. The normalized spacial score (nSPS) is 12.6. The second kappa shape index (κ2) is 7.22. The molecule has 1 N–H and O–H groups in total. The lowest BCUT2D eigenvalue weighted by Gasteiger charge is -2.18. The van der Waals surface area contributed by atoms with Gasteiger partial charge in [-0.3, -0.25) is 0 Å². The van der Waals surface area contributed by atoms with Crippen LogP contribution in [0.25, 0.3) is 0 Å². The molecule has 1 unspecified atom stereocenters. The fraction of sp³-hybridized carbons (Fsp3) is 0.375. The van der Waals surface area contributed by atoms with E-state index in [-0.39, 0.29) is 0 Å². The Morgan fingerprint density at radius 3 is 2.79 bits per heavy atom. The molecule has 1 aromatic heterocycles. The zero-order valence-electron chi connectivity index (χ0n) is 11.4. The Kier molecular flexibility index (Phi) is 5.61. The fourth-order valence-corrected chi connectivity index (χ4v) is 3.44. The first-order valence-corrected chi connectivity index (χ1v) is 8.39. The number of benzene rings is 1. The Balaban J connectivity index is 2.13. The second-order valence-corrected chi connectivity index (χ2v) is 7.17. The van der Waals surface area contributed by atoms with Crippen LogP contribution in [0.1, 0.15) is 36.1 Å². The van der Waals surface area contributed by atoms with Gasteiger partial charge in [0.15, 0.2) is 0 Å². The summed E-state index contributed by atoms with van der Waals surface area (Å²) in [7, 11) is 0. The minimum Gasteiger partial charge on any atom is -0.310 e. The molecule has 0 aliphatic heterocycles. The molecule has 0 saturated heterocycles. The van der Waals surface area contributed by atoms with E-state index in [2.05, 4.69) is 70.8 Å². The number of hydrogen-bond acceptors (Lipinski definition) is 2. The Morgan fingerprint density at radius 2 is 2.16 bits per heavy atom. The Hall–Kier alpha value is -0.640. The van der Waals surface area contributed by atoms with E-state index < -0.39 is 0 Å². The molecule has 2 aromatic rings. The Labute approximate surface area is 128 Å². The maximum Gasteiger partial charge on any atom is 0.0701 e. The van der Waals surface area contributed by atoms with Crippen molar-refractivity contribution in [3.8, 4) is 0 Å². The molecule has 19 heavy (non-hydrogen) atoms. The van der Waals surface area contributed by atoms with Crippen molar-refractivity contribution in [2.45, 2.75) is 32.7 Å². The van der Waals surface area contributed by atoms with Crippen LogP contribution in [0, 0.1) is 6.92 Å². The molecule has 3 heteroatoms. The third-order valence-corrected chi connectivity index (χ3v) is 4.68. The van der Waals surface area contributed by atoms with Gasteiger partial charge in [0.2, 0.25) is 0 Å². The minimum absolute atomic E-state index is 0.407. The maximum absolute atomic E-state index is 3.65. The van der Waals surface area contributed by atoms with E-state index in [1.807, 2.05) is 0 Å². The molecular weight excluding hydrogens is 318 g/mol. The van der Waals surface area contributed by atoms with Gasteiger partial charge in [0.05, 0.1) is 3.79 Å². The zero-order chi connectivity index (χ0) is 13.7. The van der Waals surface area contributed by atoms with E-state index in [1.165, 1.54) is 20.5 Å². The first-order valence-electron chi connectivity index (χ1n) is 6.72. The molecule has 1 atom stereocenters. The Bertz CT molecular complexity index is 521. The van der Waals surface area contributed by atoms with Crippen LogP contribution in [0.2, 0.25) is 0 Å². The van der Waals surface area contributed by atoms with Crippen LogP contribution in [0.15, 0.2) is 39.5 Å². The molecule has 1 aromatic carbocycles. The van der Waals surface area contributed by atoms with Crippen molar-refractivity contribution in [1.82, 2.24) is 5.32 Å². The molecule has 0 amide bonds.